The highest BCUT2D eigenvalue weighted by atomic mass is 15.6. The largest absolute Gasteiger partial charge is 0.267 e. The molecule has 0 rings (SSSR count). The first-order chi connectivity index (χ1) is 4.18. The van der Waals surface area contributed by atoms with Crippen molar-refractivity contribution in [2.45, 2.75) is 0 Å². The van der Waals surface area contributed by atoms with Gasteiger partial charge in [-0.25, -0.2) is 5.01 Å². The Hall–Kier alpha value is -1.12. The molecule has 48 valence electrons. The zero-order valence-electron chi connectivity index (χ0n) is 5.97. The summed E-state index contributed by atoms with van der Waals surface area (Å²) in [4.78, 5) is 0. The average molecular weight is 122 g/mol. The van der Waals surface area contributed by atoms with Gasteiger partial charge in [0.15, 0.2) is 0 Å². The van der Waals surface area contributed by atoms with E-state index in [0.29, 0.717) is 0 Å². The molecule has 0 aromatic carbocycles. The first-order valence-corrected chi connectivity index (χ1v) is 2.55. The lowest BCUT2D eigenvalue weighted by atomic mass is 10.7. The van der Waals surface area contributed by atoms with Gasteiger partial charge in [0.25, 0.3) is 0 Å². The Morgan fingerprint density at radius 3 is 2.11 bits per heavy atom. The van der Waals surface area contributed by atoms with Gasteiger partial charge in [-0.05, 0) is 5.92 Å². The zero-order chi connectivity index (χ0) is 7.28. The van der Waals surface area contributed by atoms with Gasteiger partial charge in [-0.1, -0.05) is 0 Å². The summed E-state index contributed by atoms with van der Waals surface area (Å²) in [7, 11) is 5.63. The van der Waals surface area contributed by atoms with Crippen LogP contribution in [0.25, 0.3) is 0 Å². The van der Waals surface area contributed by atoms with Crippen LogP contribution in [0.1, 0.15) is 0 Å². The molecule has 0 N–H and O–H groups in total. The van der Waals surface area contributed by atoms with E-state index in [4.69, 9.17) is 6.42 Å². The van der Waals surface area contributed by atoms with Gasteiger partial charge in [0.1, 0.15) is 0 Å². The molecule has 9 heavy (non-hydrogen) atoms. The Morgan fingerprint density at radius 2 is 1.78 bits per heavy atom. The van der Waals surface area contributed by atoms with E-state index in [-0.39, 0.29) is 0 Å². The van der Waals surface area contributed by atoms with Crippen molar-refractivity contribution in [2.24, 2.45) is 0 Å². The maximum Gasteiger partial charge on any atom is 0.0373 e. The van der Waals surface area contributed by atoms with E-state index in [2.05, 4.69) is 17.9 Å². The van der Waals surface area contributed by atoms with E-state index in [9.17, 15) is 0 Å². The number of terminal acetylenes is 1. The molecule has 0 aliphatic carbocycles. The zero-order valence-corrected chi connectivity index (χ0v) is 5.97. The Balaban J connectivity index is 3.79. The van der Waals surface area contributed by atoms with Gasteiger partial charge in [0.05, 0.1) is 0 Å². The molecule has 2 nitrogen and oxygen atoms in total. The summed E-state index contributed by atoms with van der Waals surface area (Å²) in [6.07, 6.45) is 4.91. The molecule has 0 fully saturated rings. The number of rotatable bonds is 1. The fourth-order valence-corrected chi connectivity index (χ4v) is 0.213. The first-order valence-electron chi connectivity index (χ1n) is 2.55. The van der Waals surface area contributed by atoms with Crippen LogP contribution in [0.2, 0.25) is 0 Å². The molecular formula is C7H10N2. The smallest absolute Gasteiger partial charge is 0.0373 e. The van der Waals surface area contributed by atoms with E-state index in [1.165, 1.54) is 0 Å². The number of hydrogen-bond donors (Lipinski definition) is 0. The third-order valence-electron chi connectivity index (χ3n) is 0.890. The Labute approximate surface area is 56.4 Å². The van der Waals surface area contributed by atoms with Gasteiger partial charge < -0.3 is 0 Å². The van der Waals surface area contributed by atoms with E-state index in [0.717, 1.165) is 0 Å². The van der Waals surface area contributed by atoms with Crippen LogP contribution < -0.4 is 0 Å². The molecule has 2 heteroatoms. The second kappa shape index (κ2) is 3.83. The minimum Gasteiger partial charge on any atom is -0.267 e. The van der Waals surface area contributed by atoms with E-state index in [1.807, 2.05) is 26.2 Å². The topological polar surface area (TPSA) is 6.48 Å². The minimum atomic E-state index is 1.71. The standard InChI is InChI=1S/C7H10N2/c1-5-6-7-9(4)8(2)3/h1H,2-4H3. The first kappa shape index (κ1) is 7.88. The molecule has 0 aromatic rings. The molecule has 0 aliphatic heterocycles. The second-order valence-electron chi connectivity index (χ2n) is 1.75. The van der Waals surface area contributed by atoms with E-state index >= 15 is 0 Å². The van der Waals surface area contributed by atoms with Crippen molar-refractivity contribution in [3.05, 3.63) is 0 Å². The van der Waals surface area contributed by atoms with Gasteiger partial charge in [-0.2, -0.15) is 0 Å². The van der Waals surface area contributed by atoms with Crippen molar-refractivity contribution in [3.8, 4) is 24.3 Å². The van der Waals surface area contributed by atoms with Crippen molar-refractivity contribution in [3.63, 3.8) is 0 Å². The maximum absolute atomic E-state index is 4.91. The van der Waals surface area contributed by atoms with Gasteiger partial charge >= 0.3 is 0 Å². The number of hydrazine groups is 1. The molecule has 0 aromatic heterocycles. The lowest BCUT2D eigenvalue weighted by Crippen LogP contribution is -2.28. The van der Waals surface area contributed by atoms with Crippen LogP contribution >= 0.6 is 0 Å². The molecule has 0 bridgehead atoms. The van der Waals surface area contributed by atoms with E-state index in [1.54, 1.807) is 5.01 Å². The van der Waals surface area contributed by atoms with Gasteiger partial charge in [-0.15, -0.1) is 6.42 Å². The third kappa shape index (κ3) is 3.46. The molecule has 0 atom stereocenters. The molecular weight excluding hydrogens is 112 g/mol. The molecule has 0 amide bonds. The molecule has 0 unspecified atom stereocenters. The van der Waals surface area contributed by atoms with Gasteiger partial charge in [0, 0.05) is 33.1 Å². The second-order valence-corrected chi connectivity index (χ2v) is 1.75. The summed E-state index contributed by atoms with van der Waals surface area (Å²) in [5, 5.41) is 3.55. The molecule has 0 radical (unpaired) electrons. The van der Waals surface area contributed by atoms with Crippen molar-refractivity contribution in [2.75, 3.05) is 21.1 Å². The Bertz CT molecular complexity index is 166. The molecule has 0 aliphatic rings. The summed E-state index contributed by atoms with van der Waals surface area (Å²) in [5.41, 5.74) is 0. The van der Waals surface area contributed by atoms with Crippen LogP contribution in [0.5, 0.6) is 0 Å². The van der Waals surface area contributed by atoms with Crippen LogP contribution in [-0.4, -0.2) is 31.2 Å². The fourth-order valence-electron chi connectivity index (χ4n) is 0.213. The monoisotopic (exact) mass is 122 g/mol. The lowest BCUT2D eigenvalue weighted by molar-refractivity contribution is 0.130. The third-order valence-corrected chi connectivity index (χ3v) is 0.890. The van der Waals surface area contributed by atoms with Crippen molar-refractivity contribution < 1.29 is 0 Å². The quantitative estimate of drug-likeness (QED) is 0.274. The average Bonchev–Trinajstić information content (AvgIpc) is 1.82. The normalized spacial score (nSPS) is 7.44. The molecule has 0 saturated carbocycles. The van der Waals surface area contributed by atoms with Crippen molar-refractivity contribution >= 4 is 0 Å². The number of nitrogens with zero attached hydrogens (tertiary/aromatic N) is 2. The summed E-state index contributed by atoms with van der Waals surface area (Å²) >= 11 is 0. The van der Waals surface area contributed by atoms with Crippen LogP contribution in [0, 0.1) is 24.3 Å². The van der Waals surface area contributed by atoms with E-state index < -0.39 is 0 Å². The number of hydrogen-bond acceptors (Lipinski definition) is 2. The van der Waals surface area contributed by atoms with Crippen molar-refractivity contribution in [1.82, 2.24) is 10.0 Å². The SMILES string of the molecule is C#CC#CN(C)N(C)C. The van der Waals surface area contributed by atoms with Gasteiger partial charge in [0.2, 0.25) is 0 Å². The van der Waals surface area contributed by atoms with Crippen LogP contribution in [0.4, 0.5) is 0 Å². The van der Waals surface area contributed by atoms with Crippen LogP contribution in [0.15, 0.2) is 0 Å². The van der Waals surface area contributed by atoms with Gasteiger partial charge in [-0.3, -0.25) is 5.01 Å². The lowest BCUT2D eigenvalue weighted by Gasteiger charge is -2.18. The highest BCUT2D eigenvalue weighted by molar-refractivity contribution is 5.20. The maximum atomic E-state index is 4.91. The predicted molar refractivity (Wildman–Crippen MR) is 38.1 cm³/mol. The summed E-state index contributed by atoms with van der Waals surface area (Å²) in [6, 6.07) is 2.70. The Kier molecular flexibility index (Phi) is 3.35. The highest BCUT2D eigenvalue weighted by Crippen LogP contribution is 1.78. The molecule has 0 heterocycles. The highest BCUT2D eigenvalue weighted by Gasteiger charge is 1.88. The molecule has 0 saturated heterocycles. The Morgan fingerprint density at radius 1 is 1.22 bits per heavy atom. The van der Waals surface area contributed by atoms with Crippen LogP contribution in [-0.2, 0) is 0 Å². The van der Waals surface area contributed by atoms with Crippen molar-refractivity contribution in [1.29, 1.82) is 0 Å². The van der Waals surface area contributed by atoms with Crippen LogP contribution in [0.3, 0.4) is 0 Å². The fraction of sp³-hybridized carbons (Fsp3) is 0.429. The summed E-state index contributed by atoms with van der Waals surface area (Å²) < 4.78 is 0. The predicted octanol–water partition coefficient (Wildman–Crippen LogP) is -0.0111. The summed E-state index contributed by atoms with van der Waals surface area (Å²) in [6.45, 7) is 0. The minimum absolute atomic E-state index is 1.71. The molecule has 0 spiro atoms. The summed E-state index contributed by atoms with van der Waals surface area (Å²) in [5.74, 6) is 4.72.